The van der Waals surface area contributed by atoms with Crippen LogP contribution in [0.3, 0.4) is 0 Å². The molecular weight excluding hydrogens is 268 g/mol. The fourth-order valence-corrected chi connectivity index (χ4v) is 3.59. The molecule has 0 aliphatic carbocycles. The predicted octanol–water partition coefficient (Wildman–Crippen LogP) is 2.34. The SMILES string of the molecule is CCC1C(=O)N2CCCCC2C(=O)N1C(C)c1ccco1. The van der Waals surface area contributed by atoms with Gasteiger partial charge in [0.2, 0.25) is 11.8 Å². The van der Waals surface area contributed by atoms with E-state index in [-0.39, 0.29) is 29.9 Å². The Bertz CT molecular complexity index is 526. The lowest BCUT2D eigenvalue weighted by Gasteiger charge is -2.48. The molecule has 5 nitrogen and oxygen atoms in total. The third kappa shape index (κ3) is 2.24. The van der Waals surface area contributed by atoms with Gasteiger partial charge in [-0.1, -0.05) is 6.92 Å². The van der Waals surface area contributed by atoms with Crippen LogP contribution < -0.4 is 0 Å². The number of piperazine rings is 1. The van der Waals surface area contributed by atoms with Crippen molar-refractivity contribution in [2.75, 3.05) is 6.54 Å². The second kappa shape index (κ2) is 5.54. The Morgan fingerprint density at radius 2 is 2.14 bits per heavy atom. The molecule has 1 aromatic rings. The minimum absolute atomic E-state index is 0.0741. The molecule has 0 aromatic carbocycles. The summed E-state index contributed by atoms with van der Waals surface area (Å²) >= 11 is 0. The largest absolute Gasteiger partial charge is 0.467 e. The molecule has 0 bridgehead atoms. The van der Waals surface area contributed by atoms with Gasteiger partial charge in [0.1, 0.15) is 17.8 Å². The Labute approximate surface area is 124 Å². The number of rotatable bonds is 3. The molecule has 2 aliphatic rings. The number of fused-ring (bicyclic) bond motifs is 1. The number of amides is 2. The van der Waals surface area contributed by atoms with Crippen LogP contribution in [0.4, 0.5) is 0 Å². The molecule has 0 spiro atoms. The monoisotopic (exact) mass is 290 g/mol. The lowest BCUT2D eigenvalue weighted by Crippen LogP contribution is -2.65. The van der Waals surface area contributed by atoms with Gasteiger partial charge in [0.25, 0.3) is 0 Å². The van der Waals surface area contributed by atoms with Crippen molar-refractivity contribution < 1.29 is 14.0 Å². The Morgan fingerprint density at radius 3 is 2.81 bits per heavy atom. The van der Waals surface area contributed by atoms with Crippen molar-refractivity contribution in [2.45, 2.75) is 57.7 Å². The molecule has 5 heteroatoms. The molecule has 114 valence electrons. The van der Waals surface area contributed by atoms with Crippen molar-refractivity contribution in [3.63, 3.8) is 0 Å². The number of piperidine rings is 1. The zero-order valence-electron chi connectivity index (χ0n) is 12.6. The quantitative estimate of drug-likeness (QED) is 0.858. The first-order valence-corrected chi connectivity index (χ1v) is 7.81. The molecule has 3 unspecified atom stereocenters. The maximum absolute atomic E-state index is 12.9. The molecule has 0 saturated carbocycles. The van der Waals surface area contributed by atoms with Crippen LogP contribution in [0.25, 0.3) is 0 Å². The Morgan fingerprint density at radius 1 is 1.33 bits per heavy atom. The van der Waals surface area contributed by atoms with Crippen LogP contribution in [0.1, 0.15) is 51.3 Å². The first-order valence-electron chi connectivity index (χ1n) is 7.81. The van der Waals surface area contributed by atoms with Crippen LogP contribution >= 0.6 is 0 Å². The Hall–Kier alpha value is -1.78. The zero-order valence-corrected chi connectivity index (χ0v) is 12.6. The lowest BCUT2D eigenvalue weighted by atomic mass is 9.93. The van der Waals surface area contributed by atoms with Crippen molar-refractivity contribution in [1.29, 1.82) is 0 Å². The van der Waals surface area contributed by atoms with E-state index in [2.05, 4.69) is 0 Å². The summed E-state index contributed by atoms with van der Waals surface area (Å²) in [5.41, 5.74) is 0. The van der Waals surface area contributed by atoms with E-state index in [1.807, 2.05) is 26.0 Å². The Balaban J connectivity index is 1.93. The van der Waals surface area contributed by atoms with Gasteiger partial charge < -0.3 is 14.2 Å². The molecule has 2 saturated heterocycles. The summed E-state index contributed by atoms with van der Waals surface area (Å²) in [5, 5.41) is 0. The highest BCUT2D eigenvalue weighted by Gasteiger charge is 2.47. The molecule has 2 fully saturated rings. The van der Waals surface area contributed by atoms with Crippen LogP contribution in [0, 0.1) is 0 Å². The highest BCUT2D eigenvalue weighted by atomic mass is 16.3. The first-order chi connectivity index (χ1) is 10.1. The maximum atomic E-state index is 12.9. The standard InChI is InChI=1S/C16H22N2O3/c1-3-12-15(19)17-9-5-4-7-13(17)16(20)18(12)11(2)14-8-6-10-21-14/h6,8,10-13H,3-5,7,9H2,1-2H3. The predicted molar refractivity (Wildman–Crippen MR) is 77.4 cm³/mol. The average molecular weight is 290 g/mol. The zero-order chi connectivity index (χ0) is 15.0. The van der Waals surface area contributed by atoms with Crippen LogP contribution in [0.15, 0.2) is 22.8 Å². The van der Waals surface area contributed by atoms with E-state index in [9.17, 15) is 9.59 Å². The molecule has 0 radical (unpaired) electrons. The molecule has 0 N–H and O–H groups in total. The van der Waals surface area contributed by atoms with Crippen molar-refractivity contribution >= 4 is 11.8 Å². The number of furan rings is 1. The normalized spacial score (nSPS) is 27.7. The minimum atomic E-state index is -0.369. The van der Waals surface area contributed by atoms with E-state index >= 15 is 0 Å². The third-order valence-electron chi connectivity index (χ3n) is 4.71. The van der Waals surface area contributed by atoms with E-state index in [0.717, 1.165) is 25.0 Å². The Kier molecular flexibility index (Phi) is 3.74. The van der Waals surface area contributed by atoms with Crippen LogP contribution in [0.2, 0.25) is 0 Å². The van der Waals surface area contributed by atoms with Crippen molar-refractivity contribution in [3.05, 3.63) is 24.2 Å². The van der Waals surface area contributed by atoms with Gasteiger partial charge in [-0.25, -0.2) is 0 Å². The highest BCUT2D eigenvalue weighted by molar-refractivity contribution is 5.97. The summed E-state index contributed by atoms with van der Waals surface area (Å²) in [5.74, 6) is 0.907. The second-order valence-electron chi connectivity index (χ2n) is 5.90. The van der Waals surface area contributed by atoms with Gasteiger partial charge in [-0.2, -0.15) is 0 Å². The average Bonchev–Trinajstić information content (AvgIpc) is 3.04. The molecule has 2 amide bonds. The molecule has 3 rings (SSSR count). The van der Waals surface area contributed by atoms with Gasteiger partial charge in [0.05, 0.1) is 12.3 Å². The van der Waals surface area contributed by atoms with Gasteiger partial charge in [0, 0.05) is 6.54 Å². The van der Waals surface area contributed by atoms with E-state index in [1.165, 1.54) is 0 Å². The molecule has 1 aromatic heterocycles. The summed E-state index contributed by atoms with van der Waals surface area (Å²) in [7, 11) is 0. The highest BCUT2D eigenvalue weighted by Crippen LogP contribution is 2.33. The molecule has 21 heavy (non-hydrogen) atoms. The molecule has 2 aliphatic heterocycles. The minimum Gasteiger partial charge on any atom is -0.467 e. The maximum Gasteiger partial charge on any atom is 0.246 e. The van der Waals surface area contributed by atoms with E-state index in [1.54, 1.807) is 16.1 Å². The van der Waals surface area contributed by atoms with Crippen LogP contribution in [-0.4, -0.2) is 40.2 Å². The fraction of sp³-hybridized carbons (Fsp3) is 0.625. The van der Waals surface area contributed by atoms with Gasteiger partial charge >= 0.3 is 0 Å². The molecule has 3 heterocycles. The van der Waals surface area contributed by atoms with Crippen molar-refractivity contribution in [2.24, 2.45) is 0 Å². The lowest BCUT2D eigenvalue weighted by molar-refractivity contribution is -0.167. The molecule has 3 atom stereocenters. The van der Waals surface area contributed by atoms with Gasteiger partial charge in [-0.15, -0.1) is 0 Å². The van der Waals surface area contributed by atoms with Crippen molar-refractivity contribution in [1.82, 2.24) is 9.80 Å². The van der Waals surface area contributed by atoms with Crippen LogP contribution in [0.5, 0.6) is 0 Å². The summed E-state index contributed by atoms with van der Waals surface area (Å²) in [6.45, 7) is 4.61. The topological polar surface area (TPSA) is 53.8 Å². The first kappa shape index (κ1) is 14.2. The number of nitrogens with zero attached hydrogens (tertiary/aromatic N) is 2. The number of hydrogen-bond donors (Lipinski definition) is 0. The van der Waals surface area contributed by atoms with E-state index in [0.29, 0.717) is 13.0 Å². The van der Waals surface area contributed by atoms with Gasteiger partial charge in [-0.05, 0) is 44.7 Å². The third-order valence-corrected chi connectivity index (χ3v) is 4.71. The summed E-state index contributed by atoms with van der Waals surface area (Å²) in [4.78, 5) is 29.2. The summed E-state index contributed by atoms with van der Waals surface area (Å²) in [6.07, 6.45) is 5.04. The van der Waals surface area contributed by atoms with Gasteiger partial charge in [-0.3, -0.25) is 9.59 Å². The fourth-order valence-electron chi connectivity index (χ4n) is 3.59. The summed E-state index contributed by atoms with van der Waals surface area (Å²) in [6, 6.07) is 2.84. The van der Waals surface area contributed by atoms with Gasteiger partial charge in [0.15, 0.2) is 0 Å². The summed E-state index contributed by atoms with van der Waals surface area (Å²) < 4.78 is 5.44. The number of carbonyl (C=O) groups is 2. The van der Waals surface area contributed by atoms with E-state index in [4.69, 9.17) is 4.42 Å². The smallest absolute Gasteiger partial charge is 0.246 e. The number of carbonyl (C=O) groups excluding carboxylic acids is 2. The van der Waals surface area contributed by atoms with E-state index < -0.39 is 0 Å². The number of hydrogen-bond acceptors (Lipinski definition) is 3. The van der Waals surface area contributed by atoms with Crippen LogP contribution in [-0.2, 0) is 9.59 Å². The van der Waals surface area contributed by atoms with Crippen molar-refractivity contribution in [3.8, 4) is 0 Å². The molecular formula is C16H22N2O3. The second-order valence-corrected chi connectivity index (χ2v) is 5.90.